The van der Waals surface area contributed by atoms with Crippen molar-refractivity contribution in [2.24, 2.45) is 10.2 Å². The summed E-state index contributed by atoms with van der Waals surface area (Å²) >= 11 is 0. The van der Waals surface area contributed by atoms with Gasteiger partial charge in [0, 0.05) is 0 Å². The van der Waals surface area contributed by atoms with Crippen molar-refractivity contribution in [1.29, 1.82) is 0 Å². The van der Waals surface area contributed by atoms with Gasteiger partial charge in [-0.3, -0.25) is 0 Å². The summed E-state index contributed by atoms with van der Waals surface area (Å²) in [5, 5.41) is 8.23. The quantitative estimate of drug-likeness (QED) is 0.712. The van der Waals surface area contributed by atoms with Crippen LogP contribution >= 0.6 is 0 Å². The summed E-state index contributed by atoms with van der Waals surface area (Å²) in [6.07, 6.45) is 3.00. The van der Waals surface area contributed by atoms with Crippen LogP contribution in [0, 0.1) is 0 Å². The van der Waals surface area contributed by atoms with Crippen molar-refractivity contribution in [3.8, 4) is 0 Å². The molecule has 0 aliphatic rings. The molecular weight excluding hydrogens is 228 g/mol. The molecule has 0 fully saturated rings. The van der Waals surface area contributed by atoms with Crippen LogP contribution in [0.3, 0.4) is 0 Å². The molecule has 0 amide bonds. The molecule has 3 rings (SSSR count). The number of azo groups is 1. The van der Waals surface area contributed by atoms with Gasteiger partial charge in [-0.05, 0) is 5.56 Å². The van der Waals surface area contributed by atoms with Crippen LogP contribution in [0.5, 0.6) is 0 Å². The molecule has 6 nitrogen and oxygen atoms in total. The van der Waals surface area contributed by atoms with Crippen molar-refractivity contribution < 1.29 is 0 Å². The molecule has 2 heterocycles. The van der Waals surface area contributed by atoms with Gasteiger partial charge in [-0.2, -0.15) is 5.11 Å². The Bertz CT molecular complexity index is 673. The lowest BCUT2D eigenvalue weighted by atomic mass is 10.2. The normalized spacial score (nSPS) is 11.3. The zero-order chi connectivity index (χ0) is 12.2. The zero-order valence-electron chi connectivity index (χ0n) is 9.48. The van der Waals surface area contributed by atoms with Crippen LogP contribution in [0.2, 0.25) is 0 Å². The van der Waals surface area contributed by atoms with Crippen LogP contribution in [-0.4, -0.2) is 19.9 Å². The summed E-state index contributed by atoms with van der Waals surface area (Å²) in [7, 11) is 0. The third kappa shape index (κ3) is 2.08. The Morgan fingerprint density at radius 1 is 1.06 bits per heavy atom. The van der Waals surface area contributed by atoms with Gasteiger partial charge in [0.2, 0.25) is 5.82 Å². The summed E-state index contributed by atoms with van der Waals surface area (Å²) in [5.74, 6) is 0.508. The average Bonchev–Trinajstić information content (AvgIpc) is 2.89. The van der Waals surface area contributed by atoms with Crippen LogP contribution in [-0.2, 0) is 6.54 Å². The maximum atomic E-state index is 4.13. The van der Waals surface area contributed by atoms with Crippen LogP contribution in [0.4, 0.5) is 5.82 Å². The van der Waals surface area contributed by atoms with Crippen molar-refractivity contribution >= 4 is 17.0 Å². The number of fused-ring (bicyclic) bond motifs is 1. The first-order chi connectivity index (χ1) is 8.93. The number of imidazole rings is 1. The molecule has 88 valence electrons. The molecular formula is C12H10N6. The van der Waals surface area contributed by atoms with Crippen molar-refractivity contribution in [2.45, 2.75) is 6.54 Å². The second-order valence-corrected chi connectivity index (χ2v) is 3.68. The van der Waals surface area contributed by atoms with Crippen molar-refractivity contribution in [1.82, 2.24) is 19.9 Å². The lowest BCUT2D eigenvalue weighted by Gasteiger charge is -1.94. The second-order valence-electron chi connectivity index (χ2n) is 3.68. The highest BCUT2D eigenvalue weighted by Crippen LogP contribution is 2.18. The van der Waals surface area contributed by atoms with Gasteiger partial charge in [0.25, 0.3) is 0 Å². The highest BCUT2D eigenvalue weighted by atomic mass is 15.2. The molecule has 0 spiro atoms. The van der Waals surface area contributed by atoms with E-state index in [4.69, 9.17) is 0 Å². The Morgan fingerprint density at radius 2 is 1.94 bits per heavy atom. The summed E-state index contributed by atoms with van der Waals surface area (Å²) in [6.45, 7) is 0.528. The maximum Gasteiger partial charge on any atom is 0.203 e. The zero-order valence-corrected chi connectivity index (χ0v) is 9.48. The van der Waals surface area contributed by atoms with Gasteiger partial charge in [0.05, 0.1) is 12.9 Å². The van der Waals surface area contributed by atoms with Gasteiger partial charge in [0.15, 0.2) is 5.65 Å². The van der Waals surface area contributed by atoms with E-state index in [9.17, 15) is 0 Å². The smallest absolute Gasteiger partial charge is 0.203 e. The third-order valence-electron chi connectivity index (χ3n) is 2.46. The van der Waals surface area contributed by atoms with Gasteiger partial charge in [-0.25, -0.2) is 15.0 Å². The molecule has 18 heavy (non-hydrogen) atoms. The van der Waals surface area contributed by atoms with E-state index in [0.29, 0.717) is 23.5 Å². The fraction of sp³-hybridized carbons (Fsp3) is 0.0833. The maximum absolute atomic E-state index is 4.13. The molecule has 2 aromatic heterocycles. The van der Waals surface area contributed by atoms with Gasteiger partial charge < -0.3 is 4.98 Å². The molecule has 1 N–H and O–H groups in total. The minimum Gasteiger partial charge on any atom is -0.340 e. The van der Waals surface area contributed by atoms with Gasteiger partial charge >= 0.3 is 0 Å². The van der Waals surface area contributed by atoms with Gasteiger partial charge in [-0.15, -0.1) is 5.11 Å². The standard InChI is InChI=1S/C12H10N6/c1-2-4-9(5-3-1)6-17-18-12-10-11(14-7-13-10)15-8-16-12/h1-5,7-8H,6H2,(H,13,14,15,16). The fourth-order valence-corrected chi connectivity index (χ4v) is 1.60. The van der Waals surface area contributed by atoms with Crippen LogP contribution in [0.1, 0.15) is 5.56 Å². The summed E-state index contributed by atoms with van der Waals surface area (Å²) in [4.78, 5) is 15.1. The predicted molar refractivity (Wildman–Crippen MR) is 66.3 cm³/mol. The highest BCUT2D eigenvalue weighted by Gasteiger charge is 2.03. The fourth-order valence-electron chi connectivity index (χ4n) is 1.60. The van der Waals surface area contributed by atoms with E-state index in [2.05, 4.69) is 30.2 Å². The Morgan fingerprint density at radius 3 is 2.83 bits per heavy atom. The molecule has 3 aromatic rings. The number of rotatable bonds is 3. The average molecular weight is 238 g/mol. The molecule has 0 bridgehead atoms. The molecule has 0 saturated carbocycles. The van der Waals surface area contributed by atoms with E-state index in [1.54, 1.807) is 6.33 Å². The predicted octanol–water partition coefficient (Wildman–Crippen LogP) is 2.64. The number of nitrogens with one attached hydrogen (secondary N) is 1. The van der Waals surface area contributed by atoms with Gasteiger partial charge in [-0.1, -0.05) is 30.3 Å². The third-order valence-corrected chi connectivity index (χ3v) is 2.46. The Labute approximate surface area is 103 Å². The van der Waals surface area contributed by atoms with E-state index >= 15 is 0 Å². The Hall–Kier alpha value is -2.63. The first-order valence-electron chi connectivity index (χ1n) is 5.49. The summed E-state index contributed by atoms with van der Waals surface area (Å²) in [6, 6.07) is 9.93. The molecule has 0 aliphatic carbocycles. The monoisotopic (exact) mass is 238 g/mol. The second kappa shape index (κ2) is 4.70. The van der Waals surface area contributed by atoms with Crippen molar-refractivity contribution in [2.75, 3.05) is 0 Å². The first-order valence-corrected chi connectivity index (χ1v) is 5.49. The number of nitrogens with zero attached hydrogens (tertiary/aromatic N) is 5. The van der Waals surface area contributed by atoms with Crippen LogP contribution < -0.4 is 0 Å². The number of aromatic nitrogens is 4. The molecule has 0 aliphatic heterocycles. The number of hydrogen-bond donors (Lipinski definition) is 1. The molecule has 0 atom stereocenters. The lowest BCUT2D eigenvalue weighted by Crippen LogP contribution is -1.82. The molecule has 1 aromatic carbocycles. The highest BCUT2D eigenvalue weighted by molar-refractivity contribution is 5.79. The van der Waals surface area contributed by atoms with Crippen LogP contribution in [0.15, 0.2) is 53.2 Å². The summed E-state index contributed by atoms with van der Waals surface area (Å²) in [5.41, 5.74) is 2.41. The Kier molecular flexibility index (Phi) is 2.75. The topological polar surface area (TPSA) is 79.2 Å². The van der Waals surface area contributed by atoms with E-state index in [0.717, 1.165) is 5.56 Å². The Balaban J connectivity index is 1.82. The van der Waals surface area contributed by atoms with E-state index in [1.807, 2.05) is 30.3 Å². The summed E-state index contributed by atoms with van der Waals surface area (Å²) < 4.78 is 0. The minimum atomic E-state index is 0.508. The van der Waals surface area contributed by atoms with Crippen molar-refractivity contribution in [3.63, 3.8) is 0 Å². The molecule has 6 heteroatoms. The number of H-pyrrole nitrogens is 1. The largest absolute Gasteiger partial charge is 0.340 e. The SMILES string of the molecule is c1ccc(CN=Nc2ncnc3nc[nH]c23)cc1. The van der Waals surface area contributed by atoms with E-state index in [1.165, 1.54) is 6.33 Å². The molecule has 0 unspecified atom stereocenters. The minimum absolute atomic E-state index is 0.508. The lowest BCUT2D eigenvalue weighted by molar-refractivity contribution is 0.946. The van der Waals surface area contributed by atoms with Gasteiger partial charge in [0.1, 0.15) is 11.8 Å². The van der Waals surface area contributed by atoms with E-state index < -0.39 is 0 Å². The van der Waals surface area contributed by atoms with E-state index in [-0.39, 0.29) is 0 Å². The molecule has 0 saturated heterocycles. The van der Waals surface area contributed by atoms with Crippen LogP contribution in [0.25, 0.3) is 11.2 Å². The first kappa shape index (κ1) is 10.5. The number of aromatic amines is 1. The van der Waals surface area contributed by atoms with Crippen molar-refractivity contribution in [3.05, 3.63) is 48.5 Å². The number of benzene rings is 1. The molecule has 0 radical (unpaired) electrons. The number of hydrogen-bond acceptors (Lipinski definition) is 5.